The molecule has 0 amide bonds. The zero-order chi connectivity index (χ0) is 15.7. The molecule has 0 aliphatic heterocycles. The second kappa shape index (κ2) is 6.06. The Bertz CT molecular complexity index is 914. The number of halogens is 3. The number of H-pyrrole nitrogens is 1. The molecule has 112 valence electrons. The van der Waals surface area contributed by atoms with Crippen molar-refractivity contribution in [1.29, 1.82) is 0 Å². The van der Waals surface area contributed by atoms with E-state index in [0.717, 1.165) is 17.8 Å². The summed E-state index contributed by atoms with van der Waals surface area (Å²) in [5.74, 6) is -0.626. The van der Waals surface area contributed by atoms with Gasteiger partial charge in [-0.3, -0.25) is 4.79 Å². The summed E-state index contributed by atoms with van der Waals surface area (Å²) < 4.78 is 26.4. The maximum Gasteiger partial charge on any atom is 0.258 e. The van der Waals surface area contributed by atoms with E-state index in [9.17, 15) is 13.6 Å². The molecule has 0 saturated carbocycles. The van der Waals surface area contributed by atoms with Gasteiger partial charge in [0.1, 0.15) is 17.5 Å². The molecule has 3 rings (SSSR count). The third-order valence-electron chi connectivity index (χ3n) is 2.98. The van der Waals surface area contributed by atoms with E-state index in [1.807, 2.05) is 0 Å². The molecule has 1 aromatic heterocycles. The lowest BCUT2D eigenvalue weighted by Gasteiger charge is -2.05. The average Bonchev–Trinajstić information content (AvgIpc) is 2.46. The summed E-state index contributed by atoms with van der Waals surface area (Å²) in [4.78, 5) is 19.2. The van der Waals surface area contributed by atoms with Crippen LogP contribution in [0.15, 0.2) is 46.1 Å². The molecule has 0 atom stereocenters. The SMILES string of the molecule is O=c1[nH]c(CSc2ccc(F)cc2F)nc2cc(Cl)ccc12. The summed E-state index contributed by atoms with van der Waals surface area (Å²) in [6.07, 6.45) is 0. The van der Waals surface area contributed by atoms with Crippen molar-refractivity contribution in [3.05, 3.63) is 69.2 Å². The molecule has 1 N–H and O–H groups in total. The smallest absolute Gasteiger partial charge is 0.258 e. The summed E-state index contributed by atoms with van der Waals surface area (Å²) in [5.41, 5.74) is 0.197. The number of rotatable bonds is 3. The largest absolute Gasteiger partial charge is 0.309 e. The van der Waals surface area contributed by atoms with Crippen LogP contribution in [0.3, 0.4) is 0 Å². The van der Waals surface area contributed by atoms with Crippen molar-refractivity contribution in [3.8, 4) is 0 Å². The molecule has 22 heavy (non-hydrogen) atoms. The Morgan fingerprint density at radius 1 is 1.18 bits per heavy atom. The molecule has 3 aromatic rings. The Labute approximate surface area is 133 Å². The molecule has 3 nitrogen and oxygen atoms in total. The topological polar surface area (TPSA) is 45.8 Å². The Morgan fingerprint density at radius 2 is 2.00 bits per heavy atom. The third-order valence-corrected chi connectivity index (χ3v) is 4.27. The van der Waals surface area contributed by atoms with E-state index in [2.05, 4.69) is 9.97 Å². The van der Waals surface area contributed by atoms with Crippen LogP contribution in [0.2, 0.25) is 5.02 Å². The van der Waals surface area contributed by atoms with Gasteiger partial charge in [0.25, 0.3) is 5.56 Å². The second-order valence-electron chi connectivity index (χ2n) is 4.54. The monoisotopic (exact) mass is 338 g/mol. The highest BCUT2D eigenvalue weighted by molar-refractivity contribution is 7.98. The van der Waals surface area contributed by atoms with E-state index in [-0.39, 0.29) is 16.2 Å². The first kappa shape index (κ1) is 15.0. The lowest BCUT2D eigenvalue weighted by atomic mass is 10.2. The molecule has 0 unspecified atom stereocenters. The predicted molar refractivity (Wildman–Crippen MR) is 83.3 cm³/mol. The van der Waals surface area contributed by atoms with Gasteiger partial charge in [-0.05, 0) is 30.3 Å². The van der Waals surface area contributed by atoms with Gasteiger partial charge >= 0.3 is 0 Å². The van der Waals surface area contributed by atoms with Crippen molar-refractivity contribution in [2.45, 2.75) is 10.6 Å². The number of nitrogens with zero attached hydrogens (tertiary/aromatic N) is 1. The molecule has 0 fully saturated rings. The van der Waals surface area contributed by atoms with Crippen LogP contribution in [0.4, 0.5) is 8.78 Å². The van der Waals surface area contributed by atoms with Crippen LogP contribution >= 0.6 is 23.4 Å². The van der Waals surface area contributed by atoms with Crippen LogP contribution in [0.5, 0.6) is 0 Å². The van der Waals surface area contributed by atoms with E-state index in [1.54, 1.807) is 18.2 Å². The summed E-state index contributed by atoms with van der Waals surface area (Å²) in [6.45, 7) is 0. The second-order valence-corrected chi connectivity index (χ2v) is 5.99. The van der Waals surface area contributed by atoms with E-state index < -0.39 is 11.6 Å². The Kier molecular flexibility index (Phi) is 4.13. The minimum Gasteiger partial charge on any atom is -0.309 e. The van der Waals surface area contributed by atoms with Gasteiger partial charge in [0.15, 0.2) is 0 Å². The molecule has 1 heterocycles. The van der Waals surface area contributed by atoms with E-state index in [4.69, 9.17) is 11.6 Å². The van der Waals surface area contributed by atoms with Gasteiger partial charge in [0, 0.05) is 16.0 Å². The first-order valence-electron chi connectivity index (χ1n) is 6.29. The van der Waals surface area contributed by atoms with Gasteiger partial charge in [0.2, 0.25) is 0 Å². The van der Waals surface area contributed by atoms with Gasteiger partial charge in [-0.2, -0.15) is 0 Å². The molecular formula is C15H9ClF2N2OS. The first-order valence-corrected chi connectivity index (χ1v) is 7.65. The lowest BCUT2D eigenvalue weighted by molar-refractivity contribution is 0.565. The normalized spacial score (nSPS) is 11.0. The predicted octanol–water partition coefficient (Wildman–Crippen LogP) is 4.15. The number of hydrogen-bond acceptors (Lipinski definition) is 3. The van der Waals surface area contributed by atoms with Crippen molar-refractivity contribution in [1.82, 2.24) is 9.97 Å². The van der Waals surface area contributed by atoms with E-state index >= 15 is 0 Å². The fourth-order valence-corrected chi connectivity index (χ4v) is 2.92. The van der Waals surface area contributed by atoms with Crippen LogP contribution in [-0.4, -0.2) is 9.97 Å². The highest BCUT2D eigenvalue weighted by Gasteiger charge is 2.08. The molecule has 0 saturated heterocycles. The van der Waals surface area contributed by atoms with Crippen LogP contribution in [0.25, 0.3) is 10.9 Å². The summed E-state index contributed by atoms with van der Waals surface area (Å²) in [5, 5.41) is 0.917. The minimum absolute atomic E-state index is 0.250. The maximum atomic E-state index is 13.6. The van der Waals surface area contributed by atoms with Crippen molar-refractivity contribution >= 4 is 34.3 Å². The Balaban J connectivity index is 1.89. The summed E-state index contributed by atoms with van der Waals surface area (Å²) in [6, 6.07) is 8.16. The average molecular weight is 339 g/mol. The number of thioether (sulfide) groups is 1. The molecule has 2 aromatic carbocycles. The van der Waals surface area contributed by atoms with Gasteiger partial charge in [-0.1, -0.05) is 11.6 Å². The number of fused-ring (bicyclic) bond motifs is 1. The third kappa shape index (κ3) is 3.13. The number of hydrogen-bond donors (Lipinski definition) is 1. The molecule has 0 radical (unpaired) electrons. The van der Waals surface area contributed by atoms with Crippen LogP contribution in [0, 0.1) is 11.6 Å². The fourth-order valence-electron chi connectivity index (χ4n) is 1.97. The quantitative estimate of drug-likeness (QED) is 0.730. The van der Waals surface area contributed by atoms with Crippen LogP contribution in [-0.2, 0) is 5.75 Å². The number of benzene rings is 2. The highest BCUT2D eigenvalue weighted by atomic mass is 35.5. The molecular weight excluding hydrogens is 330 g/mol. The number of aromatic amines is 1. The molecule has 0 aliphatic carbocycles. The number of nitrogens with one attached hydrogen (secondary N) is 1. The van der Waals surface area contributed by atoms with Crippen molar-refractivity contribution in [2.24, 2.45) is 0 Å². The maximum absolute atomic E-state index is 13.6. The lowest BCUT2D eigenvalue weighted by Crippen LogP contribution is -2.11. The van der Waals surface area contributed by atoms with Crippen molar-refractivity contribution in [3.63, 3.8) is 0 Å². The number of aromatic nitrogens is 2. The fraction of sp³-hybridized carbons (Fsp3) is 0.0667. The summed E-state index contributed by atoms with van der Waals surface area (Å²) >= 11 is 7.01. The Hall–Kier alpha value is -1.92. The van der Waals surface area contributed by atoms with Crippen molar-refractivity contribution < 1.29 is 8.78 Å². The highest BCUT2D eigenvalue weighted by Crippen LogP contribution is 2.25. The Morgan fingerprint density at radius 3 is 2.77 bits per heavy atom. The molecule has 0 aliphatic rings. The first-order chi connectivity index (χ1) is 10.5. The van der Waals surface area contributed by atoms with Gasteiger partial charge in [-0.25, -0.2) is 13.8 Å². The zero-order valence-corrected chi connectivity index (χ0v) is 12.6. The molecule has 7 heteroatoms. The van der Waals surface area contributed by atoms with E-state index in [1.165, 1.54) is 12.1 Å². The van der Waals surface area contributed by atoms with Gasteiger partial charge < -0.3 is 4.98 Å². The van der Waals surface area contributed by atoms with E-state index in [0.29, 0.717) is 21.7 Å². The van der Waals surface area contributed by atoms with Gasteiger partial charge in [0.05, 0.1) is 16.7 Å². The van der Waals surface area contributed by atoms with Gasteiger partial charge in [-0.15, -0.1) is 11.8 Å². The molecule has 0 bridgehead atoms. The minimum atomic E-state index is -0.642. The van der Waals surface area contributed by atoms with Crippen molar-refractivity contribution in [2.75, 3.05) is 0 Å². The standard InChI is InChI=1S/C15H9ClF2N2OS/c16-8-1-3-10-12(5-8)19-14(20-15(10)21)7-22-13-4-2-9(17)6-11(13)18/h1-6H,7H2,(H,19,20,21). The summed E-state index contributed by atoms with van der Waals surface area (Å²) in [7, 11) is 0. The molecule has 0 spiro atoms. The van der Waals surface area contributed by atoms with Crippen LogP contribution < -0.4 is 5.56 Å². The van der Waals surface area contributed by atoms with Crippen LogP contribution in [0.1, 0.15) is 5.82 Å². The zero-order valence-electron chi connectivity index (χ0n) is 11.1.